The Balaban J connectivity index is 2.37. The van der Waals surface area contributed by atoms with Gasteiger partial charge in [-0.15, -0.1) is 0 Å². The van der Waals surface area contributed by atoms with Crippen molar-refractivity contribution in [3.05, 3.63) is 17.0 Å². The van der Waals surface area contributed by atoms with E-state index in [2.05, 4.69) is 37.5 Å². The molecule has 0 bridgehead atoms. The molecule has 0 aliphatic rings. The summed E-state index contributed by atoms with van der Waals surface area (Å²) >= 11 is 0. The Kier molecular flexibility index (Phi) is 7.90. The van der Waals surface area contributed by atoms with Crippen LogP contribution in [-0.2, 0) is 6.54 Å². The third-order valence-corrected chi connectivity index (χ3v) is 4.22. The van der Waals surface area contributed by atoms with Gasteiger partial charge in [-0.25, -0.2) is 0 Å². The van der Waals surface area contributed by atoms with Crippen LogP contribution in [0.3, 0.4) is 0 Å². The highest BCUT2D eigenvalue weighted by Crippen LogP contribution is 2.22. The maximum absolute atomic E-state index is 6.18. The maximum atomic E-state index is 6.18. The molecule has 3 nitrogen and oxygen atoms in total. The number of hydrogen-bond acceptors (Lipinski definition) is 2. The Morgan fingerprint density at radius 2 is 1.60 bits per heavy atom. The van der Waals surface area contributed by atoms with Gasteiger partial charge in [-0.2, -0.15) is 5.10 Å². The molecule has 0 aromatic carbocycles. The van der Waals surface area contributed by atoms with Crippen molar-refractivity contribution in [1.82, 2.24) is 9.78 Å². The first-order valence-corrected chi connectivity index (χ1v) is 8.41. The van der Waals surface area contributed by atoms with Crippen LogP contribution in [0.25, 0.3) is 0 Å². The molecule has 1 rings (SSSR count). The van der Waals surface area contributed by atoms with E-state index in [4.69, 9.17) is 5.73 Å². The zero-order valence-corrected chi connectivity index (χ0v) is 13.9. The lowest BCUT2D eigenvalue weighted by Crippen LogP contribution is -2.11. The number of aromatic nitrogens is 2. The molecule has 0 fully saturated rings. The first kappa shape index (κ1) is 17.2. The topological polar surface area (TPSA) is 43.8 Å². The van der Waals surface area contributed by atoms with E-state index in [1.165, 1.54) is 56.2 Å². The molecule has 0 radical (unpaired) electrons. The molecule has 1 atom stereocenters. The molecule has 1 unspecified atom stereocenters. The van der Waals surface area contributed by atoms with Crippen LogP contribution in [0.1, 0.15) is 88.2 Å². The second-order valence-corrected chi connectivity index (χ2v) is 5.94. The van der Waals surface area contributed by atoms with Gasteiger partial charge in [0.1, 0.15) is 0 Å². The van der Waals surface area contributed by atoms with Gasteiger partial charge in [-0.05, 0) is 26.7 Å². The summed E-state index contributed by atoms with van der Waals surface area (Å²) in [5.41, 5.74) is 9.82. The summed E-state index contributed by atoms with van der Waals surface area (Å²) in [6.45, 7) is 9.68. The summed E-state index contributed by atoms with van der Waals surface area (Å²) in [4.78, 5) is 0. The smallest absolute Gasteiger partial charge is 0.0644 e. The van der Waals surface area contributed by atoms with Gasteiger partial charge in [0.25, 0.3) is 0 Å². The van der Waals surface area contributed by atoms with Crippen LogP contribution >= 0.6 is 0 Å². The van der Waals surface area contributed by atoms with Crippen molar-refractivity contribution >= 4 is 0 Å². The van der Waals surface area contributed by atoms with Crippen molar-refractivity contribution in [3.63, 3.8) is 0 Å². The number of nitrogens with two attached hydrogens (primary N) is 1. The van der Waals surface area contributed by atoms with Crippen LogP contribution in [0.4, 0.5) is 0 Å². The zero-order valence-electron chi connectivity index (χ0n) is 13.9. The highest BCUT2D eigenvalue weighted by Gasteiger charge is 2.16. The summed E-state index contributed by atoms with van der Waals surface area (Å²) in [6, 6.07) is 0.137. The van der Waals surface area contributed by atoms with E-state index >= 15 is 0 Å². The van der Waals surface area contributed by atoms with E-state index in [0.717, 1.165) is 18.7 Å². The molecule has 20 heavy (non-hydrogen) atoms. The minimum Gasteiger partial charge on any atom is -0.324 e. The van der Waals surface area contributed by atoms with Crippen LogP contribution in [-0.4, -0.2) is 9.78 Å². The highest BCUT2D eigenvalue weighted by molar-refractivity contribution is 5.27. The third-order valence-electron chi connectivity index (χ3n) is 4.22. The Bertz CT molecular complexity index is 382. The molecule has 1 aromatic heterocycles. The Hall–Kier alpha value is -0.830. The summed E-state index contributed by atoms with van der Waals surface area (Å²) in [7, 11) is 0. The van der Waals surface area contributed by atoms with Crippen LogP contribution in [0.2, 0.25) is 0 Å². The highest BCUT2D eigenvalue weighted by atomic mass is 15.3. The first-order chi connectivity index (χ1) is 9.61. The predicted molar refractivity (Wildman–Crippen MR) is 86.9 cm³/mol. The second-order valence-electron chi connectivity index (χ2n) is 5.94. The SMILES string of the molecule is CCCCCCCCCn1nc(C)c(C(N)CC)c1C. The molecule has 0 saturated carbocycles. The fraction of sp³-hybridized carbons (Fsp3) is 0.824. The quantitative estimate of drug-likeness (QED) is 0.633. The molecule has 1 aromatic rings. The predicted octanol–water partition coefficient (Wildman–Crippen LogP) is 4.66. The molecule has 0 aliphatic heterocycles. The van der Waals surface area contributed by atoms with Gasteiger partial charge in [-0.3, -0.25) is 4.68 Å². The van der Waals surface area contributed by atoms with E-state index in [9.17, 15) is 0 Å². The van der Waals surface area contributed by atoms with Crippen LogP contribution < -0.4 is 5.73 Å². The lowest BCUT2D eigenvalue weighted by molar-refractivity contribution is 0.513. The van der Waals surface area contributed by atoms with Crippen molar-refractivity contribution in [2.75, 3.05) is 0 Å². The molecule has 2 N–H and O–H groups in total. The second kappa shape index (κ2) is 9.17. The van der Waals surface area contributed by atoms with Crippen molar-refractivity contribution < 1.29 is 0 Å². The minimum atomic E-state index is 0.137. The minimum absolute atomic E-state index is 0.137. The lowest BCUT2D eigenvalue weighted by Gasteiger charge is -2.10. The van der Waals surface area contributed by atoms with Crippen molar-refractivity contribution in [3.8, 4) is 0 Å². The molecule has 116 valence electrons. The van der Waals surface area contributed by atoms with Gasteiger partial charge in [0.2, 0.25) is 0 Å². The Morgan fingerprint density at radius 3 is 2.20 bits per heavy atom. The summed E-state index contributed by atoms with van der Waals surface area (Å²) in [5.74, 6) is 0. The molecule has 0 spiro atoms. The maximum Gasteiger partial charge on any atom is 0.0644 e. The van der Waals surface area contributed by atoms with Crippen molar-refractivity contribution in [2.24, 2.45) is 5.73 Å². The van der Waals surface area contributed by atoms with E-state index in [0.29, 0.717) is 0 Å². The molecule has 0 saturated heterocycles. The number of hydrogen-bond donors (Lipinski definition) is 1. The average Bonchev–Trinajstić information content (AvgIpc) is 2.72. The van der Waals surface area contributed by atoms with E-state index in [-0.39, 0.29) is 6.04 Å². The van der Waals surface area contributed by atoms with E-state index in [1.54, 1.807) is 0 Å². The largest absolute Gasteiger partial charge is 0.324 e. The van der Waals surface area contributed by atoms with Gasteiger partial charge in [0, 0.05) is 23.8 Å². The summed E-state index contributed by atoms with van der Waals surface area (Å²) < 4.78 is 2.16. The molecule has 3 heteroatoms. The molecule has 1 heterocycles. The molecular formula is C17H33N3. The van der Waals surface area contributed by atoms with Crippen LogP contribution in [0.5, 0.6) is 0 Å². The summed E-state index contributed by atoms with van der Waals surface area (Å²) in [5, 5.41) is 4.66. The van der Waals surface area contributed by atoms with Crippen molar-refractivity contribution in [1.29, 1.82) is 0 Å². The number of unbranched alkanes of at least 4 members (excludes halogenated alkanes) is 6. The first-order valence-electron chi connectivity index (χ1n) is 8.41. The van der Waals surface area contributed by atoms with Crippen molar-refractivity contribution in [2.45, 2.75) is 91.6 Å². The average molecular weight is 279 g/mol. The van der Waals surface area contributed by atoms with E-state index in [1.807, 2.05) is 0 Å². The number of nitrogens with zero attached hydrogens (tertiary/aromatic N) is 2. The van der Waals surface area contributed by atoms with Crippen LogP contribution in [0, 0.1) is 13.8 Å². The fourth-order valence-electron chi connectivity index (χ4n) is 2.89. The lowest BCUT2D eigenvalue weighted by atomic mass is 10.0. The monoisotopic (exact) mass is 279 g/mol. The van der Waals surface area contributed by atoms with Gasteiger partial charge >= 0.3 is 0 Å². The third kappa shape index (κ3) is 4.93. The molecule has 0 amide bonds. The normalized spacial score (nSPS) is 12.8. The number of rotatable bonds is 10. The van der Waals surface area contributed by atoms with Gasteiger partial charge in [0.05, 0.1) is 5.69 Å². The molecular weight excluding hydrogens is 246 g/mol. The standard InChI is InChI=1S/C17H33N3/c1-5-7-8-9-10-11-12-13-20-15(4)17(14(3)19-20)16(18)6-2/h16H,5-13,18H2,1-4H3. The Morgan fingerprint density at radius 1 is 1.00 bits per heavy atom. The van der Waals surface area contributed by atoms with Gasteiger partial charge < -0.3 is 5.73 Å². The fourth-order valence-corrected chi connectivity index (χ4v) is 2.89. The Labute approximate surface area is 124 Å². The van der Waals surface area contributed by atoms with Gasteiger partial charge in [-0.1, -0.05) is 52.4 Å². The van der Waals surface area contributed by atoms with Gasteiger partial charge in [0.15, 0.2) is 0 Å². The van der Waals surface area contributed by atoms with E-state index < -0.39 is 0 Å². The number of aryl methyl sites for hydroxylation is 2. The van der Waals surface area contributed by atoms with Crippen LogP contribution in [0.15, 0.2) is 0 Å². The molecule has 0 aliphatic carbocycles. The summed E-state index contributed by atoms with van der Waals surface area (Å²) in [6.07, 6.45) is 10.4. The zero-order chi connectivity index (χ0) is 15.0.